The van der Waals surface area contributed by atoms with Crippen molar-refractivity contribution in [3.8, 4) is 0 Å². The van der Waals surface area contributed by atoms with Crippen LogP contribution >= 0.6 is 11.3 Å². The normalized spacial score (nSPS) is 23.4. The second-order valence-corrected chi connectivity index (χ2v) is 9.32. The van der Waals surface area contributed by atoms with Crippen molar-refractivity contribution in [2.24, 2.45) is 18.9 Å². The zero-order chi connectivity index (χ0) is 22.9. The Bertz CT molecular complexity index is 1340. The third kappa shape index (κ3) is 2.76. The lowest BCUT2D eigenvalue weighted by Gasteiger charge is -2.47. The Morgan fingerprint density at radius 3 is 2.78 bits per heavy atom. The van der Waals surface area contributed by atoms with Gasteiger partial charge in [0.05, 0.1) is 40.2 Å². The van der Waals surface area contributed by atoms with Gasteiger partial charge in [-0.15, -0.1) is 11.3 Å². The molecule has 0 bridgehead atoms. The number of pyridine rings is 1. The minimum atomic E-state index is -1.43. The molecule has 1 fully saturated rings. The summed E-state index contributed by atoms with van der Waals surface area (Å²) >= 11 is 1.25. The fraction of sp³-hybridized carbons (Fsp3) is 0.318. The highest BCUT2D eigenvalue weighted by molar-refractivity contribution is 7.18. The highest BCUT2D eigenvalue weighted by Gasteiger charge is 2.58. The summed E-state index contributed by atoms with van der Waals surface area (Å²) in [6.45, 7) is 3.37. The number of carbonyl (C=O) groups is 3. The van der Waals surface area contributed by atoms with Gasteiger partial charge in [0.15, 0.2) is 12.4 Å². The first kappa shape index (κ1) is 20.5. The molecule has 2 aliphatic heterocycles. The van der Waals surface area contributed by atoms with E-state index in [-0.39, 0.29) is 23.1 Å². The largest absolute Gasteiger partial charge is 0.543 e. The van der Waals surface area contributed by atoms with Gasteiger partial charge in [-0.05, 0) is 13.0 Å². The maximum Gasteiger partial charge on any atom is 0.235 e. The average Bonchev–Trinajstić information content (AvgIpc) is 3.37. The average molecular weight is 452 g/mol. The number of aliphatic hydroxyl groups is 1. The first-order valence-corrected chi connectivity index (χ1v) is 11.0. The van der Waals surface area contributed by atoms with Crippen molar-refractivity contribution < 1.29 is 29.2 Å². The number of fused-ring (bicyclic) bond motifs is 2. The maximum absolute atomic E-state index is 13.0. The number of aliphatic carboxylic acids is 1. The van der Waals surface area contributed by atoms with Gasteiger partial charge in [-0.3, -0.25) is 14.0 Å². The van der Waals surface area contributed by atoms with Crippen molar-refractivity contribution in [3.05, 3.63) is 58.9 Å². The van der Waals surface area contributed by atoms with Crippen molar-refractivity contribution in [2.45, 2.75) is 26.0 Å². The highest BCUT2D eigenvalue weighted by Crippen LogP contribution is 2.51. The number of carbonyl (C=O) groups excluding carboxylic acids is 3. The summed E-state index contributed by atoms with van der Waals surface area (Å²) in [5.74, 6) is -3.05. The Kier molecular flexibility index (Phi) is 4.54. The number of hydrogen-bond acceptors (Lipinski definition) is 7. The number of β-lactam (4-membered cyclic amide) rings is 1. The van der Waals surface area contributed by atoms with Crippen LogP contribution in [0.4, 0.5) is 0 Å². The third-order valence-corrected chi connectivity index (χ3v) is 7.40. The molecule has 9 nitrogen and oxygen atoms in total. The minimum Gasteiger partial charge on any atom is -0.543 e. The molecule has 0 radical (unpaired) electrons. The number of carboxylic acid groups (broad SMARTS) is 1. The summed E-state index contributed by atoms with van der Waals surface area (Å²) in [7, 11) is 1.82. The smallest absolute Gasteiger partial charge is 0.235 e. The van der Waals surface area contributed by atoms with Gasteiger partial charge in [-0.1, -0.05) is 6.92 Å². The molecular formula is C22H20N4O5S. The second-order valence-electron chi connectivity index (χ2n) is 8.29. The molecular weight excluding hydrogens is 432 g/mol. The SMILES string of the molecule is C[C@@H](O)[C@H]1C(=O)N2C(C(=O)[O-])=C(c3cn4cnc(C(=O)c5ccc[n+](C)c5)c4s3)[C@H](C)[C@H]12. The molecule has 1 amide bonds. The quantitative estimate of drug-likeness (QED) is 0.325. The van der Waals surface area contributed by atoms with E-state index >= 15 is 0 Å². The Morgan fingerprint density at radius 1 is 1.38 bits per heavy atom. The molecule has 1 saturated heterocycles. The van der Waals surface area contributed by atoms with Crippen molar-refractivity contribution >= 4 is 39.4 Å². The number of nitrogens with zero attached hydrogens (tertiary/aromatic N) is 4. The van der Waals surface area contributed by atoms with Crippen LogP contribution in [0.25, 0.3) is 10.4 Å². The first-order chi connectivity index (χ1) is 15.2. The van der Waals surface area contributed by atoms with Gasteiger partial charge in [0.25, 0.3) is 0 Å². The molecule has 5 heterocycles. The fourth-order valence-corrected chi connectivity index (χ4v) is 6.04. The molecule has 0 aliphatic carbocycles. The molecule has 0 unspecified atom stereocenters. The highest BCUT2D eigenvalue weighted by atomic mass is 32.1. The van der Waals surface area contributed by atoms with E-state index in [1.807, 2.05) is 20.2 Å². The van der Waals surface area contributed by atoms with E-state index in [2.05, 4.69) is 4.98 Å². The van der Waals surface area contributed by atoms with Gasteiger partial charge in [-0.25, -0.2) is 9.55 Å². The number of aryl methyl sites for hydroxylation is 1. The molecule has 10 heteroatoms. The monoisotopic (exact) mass is 452 g/mol. The van der Waals surface area contributed by atoms with E-state index in [9.17, 15) is 24.6 Å². The summed E-state index contributed by atoms with van der Waals surface area (Å²) in [5, 5.41) is 22.0. The Labute approximate surface area is 186 Å². The van der Waals surface area contributed by atoms with Crippen LogP contribution in [0.15, 0.2) is 42.7 Å². The predicted octanol–water partition coefficient (Wildman–Crippen LogP) is -0.230. The molecule has 5 rings (SSSR count). The maximum atomic E-state index is 13.0. The van der Waals surface area contributed by atoms with Gasteiger partial charge < -0.3 is 19.9 Å². The van der Waals surface area contributed by atoms with Gasteiger partial charge in [0, 0.05) is 23.8 Å². The van der Waals surface area contributed by atoms with Gasteiger partial charge in [0.1, 0.15) is 23.9 Å². The number of ketones is 1. The van der Waals surface area contributed by atoms with Crippen molar-refractivity contribution in [2.75, 3.05) is 0 Å². The Hall–Kier alpha value is -3.37. The molecule has 0 aromatic carbocycles. The van der Waals surface area contributed by atoms with E-state index < -0.39 is 29.9 Å². The summed E-state index contributed by atoms with van der Waals surface area (Å²) in [4.78, 5) is 44.3. The minimum absolute atomic E-state index is 0.162. The zero-order valence-electron chi connectivity index (χ0n) is 17.6. The number of aliphatic hydroxyl groups excluding tert-OH is 1. The van der Waals surface area contributed by atoms with Crippen LogP contribution in [-0.2, 0) is 16.6 Å². The fourth-order valence-electron chi connectivity index (χ4n) is 4.82. The number of rotatable bonds is 5. The van der Waals surface area contributed by atoms with E-state index in [1.165, 1.54) is 29.5 Å². The lowest BCUT2D eigenvalue weighted by atomic mass is 9.77. The zero-order valence-corrected chi connectivity index (χ0v) is 18.4. The molecule has 3 aromatic rings. The third-order valence-electron chi connectivity index (χ3n) is 6.26. The van der Waals surface area contributed by atoms with Gasteiger partial charge >= 0.3 is 0 Å². The van der Waals surface area contributed by atoms with Crippen LogP contribution in [0.2, 0.25) is 0 Å². The number of aromatic nitrogens is 3. The molecule has 164 valence electrons. The van der Waals surface area contributed by atoms with Crippen LogP contribution in [0, 0.1) is 11.8 Å². The van der Waals surface area contributed by atoms with Crippen LogP contribution in [-0.4, -0.2) is 49.2 Å². The van der Waals surface area contributed by atoms with Crippen LogP contribution < -0.4 is 9.67 Å². The standard InChI is InChI=1S/C22H20N4O5S/c1-10-14(18(22(30)31)26-17(10)15(11(2)27)20(26)29)13-8-25-9-23-16(21(25)32-13)19(28)12-5-4-6-24(3)7-12/h4-11,15,17,27H,1-3H3/t10-,11+,15+,17+/m0/s1. The van der Waals surface area contributed by atoms with E-state index in [4.69, 9.17) is 0 Å². The first-order valence-electron chi connectivity index (χ1n) is 10.1. The second kappa shape index (κ2) is 7.07. The van der Waals surface area contributed by atoms with E-state index in [1.54, 1.807) is 33.5 Å². The topological polar surface area (TPSA) is 119 Å². The van der Waals surface area contributed by atoms with Crippen LogP contribution in [0.1, 0.15) is 34.8 Å². The number of thiazole rings is 1. The Morgan fingerprint density at radius 2 is 2.12 bits per heavy atom. The molecule has 4 atom stereocenters. The predicted molar refractivity (Wildman–Crippen MR) is 111 cm³/mol. The molecule has 3 aromatic heterocycles. The van der Waals surface area contributed by atoms with Crippen molar-refractivity contribution in [1.82, 2.24) is 14.3 Å². The molecule has 1 N–H and O–H groups in total. The number of hydrogen-bond donors (Lipinski definition) is 1. The molecule has 2 aliphatic rings. The lowest BCUT2D eigenvalue weighted by molar-refractivity contribution is -0.671. The number of amides is 1. The molecule has 0 saturated carbocycles. The summed E-state index contributed by atoms with van der Waals surface area (Å²) in [6.07, 6.45) is 5.89. The van der Waals surface area contributed by atoms with Crippen molar-refractivity contribution in [3.63, 3.8) is 0 Å². The number of carboxylic acids is 1. The van der Waals surface area contributed by atoms with E-state index in [0.717, 1.165) is 0 Å². The van der Waals surface area contributed by atoms with Crippen LogP contribution in [0.3, 0.4) is 0 Å². The summed E-state index contributed by atoms with van der Waals surface area (Å²) in [5.41, 5.74) is 1.08. The van der Waals surface area contributed by atoms with Crippen LogP contribution in [0.5, 0.6) is 0 Å². The van der Waals surface area contributed by atoms with E-state index in [0.29, 0.717) is 20.8 Å². The lowest BCUT2D eigenvalue weighted by Crippen LogP contribution is -2.64. The number of imidazole rings is 1. The van der Waals surface area contributed by atoms with Gasteiger partial charge in [-0.2, -0.15) is 0 Å². The van der Waals surface area contributed by atoms with Gasteiger partial charge in [0.2, 0.25) is 11.7 Å². The molecule has 0 spiro atoms. The Balaban J connectivity index is 1.59. The van der Waals surface area contributed by atoms with Crippen molar-refractivity contribution in [1.29, 1.82) is 0 Å². The summed E-state index contributed by atoms with van der Waals surface area (Å²) < 4.78 is 3.46. The molecule has 32 heavy (non-hydrogen) atoms. The summed E-state index contributed by atoms with van der Waals surface area (Å²) in [6, 6.07) is 3.05.